The van der Waals surface area contributed by atoms with E-state index in [4.69, 9.17) is 26.0 Å². The Labute approximate surface area is 315 Å². The molecule has 3 aromatic carbocycles. The fraction of sp³-hybridized carbons (Fsp3) is 0.378. The van der Waals surface area contributed by atoms with Gasteiger partial charge in [-0.2, -0.15) is 18.2 Å². The number of carbonyl (C=O) groups excluding carboxylic acids is 1. The maximum Gasteiger partial charge on any atom is 0.416 e. The molecule has 0 N–H and O–H groups in total. The van der Waals surface area contributed by atoms with Gasteiger partial charge in [-0.3, -0.25) is 9.59 Å². The van der Waals surface area contributed by atoms with Gasteiger partial charge in [0.15, 0.2) is 5.16 Å². The van der Waals surface area contributed by atoms with Crippen LogP contribution in [0, 0.1) is 12.7 Å². The molecule has 11 heteroatoms. The summed E-state index contributed by atoms with van der Waals surface area (Å²) < 4.78 is 256. The largest absolute Gasteiger partial charge is 0.416 e. The molecule has 1 aromatic heterocycles. The molecule has 48 heavy (non-hydrogen) atoms. The average Bonchev–Trinajstić information content (AvgIpc) is 3.69. The molecule has 1 heterocycles. The molecule has 4 aromatic rings. The van der Waals surface area contributed by atoms with Crippen molar-refractivity contribution in [2.75, 3.05) is 26.0 Å². The van der Waals surface area contributed by atoms with Crippen LogP contribution in [0.3, 0.4) is 0 Å². The highest BCUT2D eigenvalue weighted by Crippen LogP contribution is 2.34. The first-order valence-corrected chi connectivity index (χ1v) is 14.8. The predicted octanol–water partition coefficient (Wildman–Crippen LogP) is 7.53. The van der Waals surface area contributed by atoms with Crippen molar-refractivity contribution in [3.05, 3.63) is 116 Å². The number of alkyl halides is 3. The number of likely N-dealkylation sites (N-methyl/N-ethyl adjacent to an activating group) is 1. The number of rotatable bonds is 13. The molecule has 0 radical (unpaired) electrons. The minimum atomic E-state index is -5.29. The number of fused-ring (bicyclic) bond motifs is 1. The van der Waals surface area contributed by atoms with E-state index < -0.39 is 178 Å². The van der Waals surface area contributed by atoms with E-state index in [0.29, 0.717) is 18.4 Å². The number of thioether (sulfide) groups is 1. The van der Waals surface area contributed by atoms with Crippen molar-refractivity contribution < 1.29 is 53.9 Å². The average molecular weight is 704 g/mol. The summed E-state index contributed by atoms with van der Waals surface area (Å²) in [5, 5.41) is -0.859. The number of benzene rings is 3. The van der Waals surface area contributed by atoms with E-state index in [2.05, 4.69) is 4.98 Å². The van der Waals surface area contributed by atoms with E-state index in [1.54, 1.807) is 0 Å². The number of nitrogens with zero attached hydrogens (tertiary/aromatic N) is 4. The fourth-order valence-electron chi connectivity index (χ4n) is 4.47. The molecule has 254 valence electrons. The van der Waals surface area contributed by atoms with Gasteiger partial charge in [0.2, 0.25) is 5.91 Å². The SMILES string of the molecule is [2H]c1c([2H])c(C([2H])([2H])Sc2nc(=O)c3c(n2CC(=O)N(C([2H])([2H])c2c([2H])c([2H])c(-c4c([2H])c([2H])c(C(F)(F)F)c(C)c4[2H])c([2H])c2[2H])C([2H])([2H])C([2H])([2H])N(C([2H])([2H])C)C([2H])([2H])C)CCC3)c([2H])c([2H])c1F. The van der Waals surface area contributed by atoms with E-state index in [1.807, 2.05) is 0 Å². The fourth-order valence-corrected chi connectivity index (χ4v) is 5.18. The molecule has 0 atom stereocenters. The van der Waals surface area contributed by atoms with Gasteiger partial charge in [-0.1, -0.05) is 73.9 Å². The molecular formula is C37H40F4N4O2S. The third-order valence-electron chi connectivity index (χ3n) is 6.69. The van der Waals surface area contributed by atoms with Crippen LogP contribution in [0.4, 0.5) is 17.6 Å². The van der Waals surface area contributed by atoms with Crippen LogP contribution in [0.2, 0.25) is 0 Å². The minimum Gasteiger partial charge on any atom is -0.336 e. The quantitative estimate of drug-likeness (QED) is 0.0819. The van der Waals surface area contributed by atoms with Crippen molar-refractivity contribution in [1.29, 1.82) is 0 Å². The lowest BCUT2D eigenvalue weighted by Gasteiger charge is -2.28. The van der Waals surface area contributed by atoms with Gasteiger partial charge in [0.1, 0.15) is 12.4 Å². The van der Waals surface area contributed by atoms with Crippen LogP contribution in [-0.4, -0.2) is 51.2 Å². The monoisotopic (exact) mass is 703 g/mol. The van der Waals surface area contributed by atoms with Crippen molar-refractivity contribution in [3.8, 4) is 11.1 Å². The van der Waals surface area contributed by atoms with Gasteiger partial charge in [-0.15, -0.1) is 0 Å². The van der Waals surface area contributed by atoms with Crippen molar-refractivity contribution in [1.82, 2.24) is 19.4 Å². The van der Waals surface area contributed by atoms with E-state index in [9.17, 15) is 27.8 Å². The first-order valence-electron chi connectivity index (χ1n) is 25.4. The van der Waals surface area contributed by atoms with Crippen molar-refractivity contribution in [3.63, 3.8) is 0 Å². The third-order valence-corrected chi connectivity index (χ3v) is 7.49. The van der Waals surface area contributed by atoms with Gasteiger partial charge in [0.05, 0.1) is 26.1 Å². The number of aromatic nitrogens is 2. The van der Waals surface area contributed by atoms with Gasteiger partial charge in [-0.25, -0.2) is 4.39 Å². The number of hydrogen-bond acceptors (Lipinski definition) is 5. The maximum absolute atomic E-state index is 15.1. The summed E-state index contributed by atoms with van der Waals surface area (Å²) in [6.07, 6.45) is -5.33. The molecule has 1 amide bonds. The molecule has 0 aliphatic heterocycles. The Morgan fingerprint density at radius 1 is 0.979 bits per heavy atom. The minimum absolute atomic E-state index is 0.0428. The second-order valence-corrected chi connectivity index (χ2v) is 10.6. The molecule has 1 aliphatic carbocycles. The summed E-state index contributed by atoms with van der Waals surface area (Å²) in [6.45, 7) is -19.1. The maximum atomic E-state index is 15.1. The Morgan fingerprint density at radius 3 is 2.31 bits per heavy atom. The Morgan fingerprint density at radius 2 is 1.65 bits per heavy atom. The van der Waals surface area contributed by atoms with Crippen LogP contribution in [-0.2, 0) is 42.6 Å². The van der Waals surface area contributed by atoms with Gasteiger partial charge < -0.3 is 14.4 Å². The number of hydrogen-bond donors (Lipinski definition) is 0. The van der Waals surface area contributed by atoms with E-state index >= 15 is 4.79 Å². The summed E-state index contributed by atoms with van der Waals surface area (Å²) >= 11 is -0.145. The molecular weight excluding hydrogens is 640 g/mol. The zero-order chi connectivity index (χ0) is 54.8. The zero-order valence-corrected chi connectivity index (χ0v) is 26.2. The van der Waals surface area contributed by atoms with Crippen LogP contribution in [0.15, 0.2) is 76.4 Å². The van der Waals surface area contributed by atoms with E-state index in [-0.39, 0.29) is 47.2 Å². The number of amides is 1. The predicted molar refractivity (Wildman–Crippen MR) is 181 cm³/mol. The van der Waals surface area contributed by atoms with Gasteiger partial charge in [0, 0.05) is 47.4 Å². The normalized spacial score (nSPS) is 21.5. The highest BCUT2D eigenvalue weighted by molar-refractivity contribution is 7.98. The van der Waals surface area contributed by atoms with Crippen molar-refractivity contribution in [2.45, 2.75) is 70.1 Å². The standard InChI is InChI=1S/C37H40F4N4O2S/c1-4-43(5-2)19-20-44(22-26-9-13-28(14-10-26)29-15-18-32(25(3)21-29)37(39,40)41)34(46)23-45-33-8-6-7-31(33)35(47)42-36(45)48-24-27-11-16-30(38)17-12-27/h9-18,21H,4-8,19-20,22-24H2,1-3H3/i4D2,5D2,9D,10D,11D,12D,13D,14D,15D,16D,17D,18D,19D2,20D2,21D,22D2,24D2. The summed E-state index contributed by atoms with van der Waals surface area (Å²) in [7, 11) is 0. The molecule has 1 aliphatic rings. The second-order valence-electron chi connectivity index (χ2n) is 9.80. The van der Waals surface area contributed by atoms with Crippen LogP contribution >= 0.6 is 11.8 Å². The highest BCUT2D eigenvalue weighted by Gasteiger charge is 2.32. The summed E-state index contributed by atoms with van der Waals surface area (Å²) in [6, 6.07) is -15.2. The van der Waals surface area contributed by atoms with Crippen LogP contribution < -0.4 is 5.56 Å². The molecule has 5 rings (SSSR count). The molecule has 0 unspecified atom stereocenters. The van der Waals surface area contributed by atoms with Crippen LogP contribution in [0.5, 0.6) is 0 Å². The Bertz CT molecular complexity index is 2840. The molecule has 0 saturated heterocycles. The Kier molecular flexibility index (Phi) is 5.22. The van der Waals surface area contributed by atoms with Gasteiger partial charge in [-0.05, 0) is 85.1 Å². The molecule has 0 bridgehead atoms. The summed E-state index contributed by atoms with van der Waals surface area (Å²) in [4.78, 5) is 31.3. The van der Waals surface area contributed by atoms with Gasteiger partial charge >= 0.3 is 6.18 Å². The molecule has 0 saturated carbocycles. The third kappa shape index (κ3) is 8.54. The first-order chi connectivity index (χ1) is 31.9. The van der Waals surface area contributed by atoms with Gasteiger partial charge in [0.25, 0.3) is 5.56 Å². The lowest BCUT2D eigenvalue weighted by molar-refractivity contribution is -0.138. The molecule has 0 fully saturated rings. The van der Waals surface area contributed by atoms with Crippen LogP contribution in [0.25, 0.3) is 11.1 Å². The van der Waals surface area contributed by atoms with Crippen molar-refractivity contribution >= 4 is 17.7 Å². The zero-order valence-electron chi connectivity index (χ0n) is 48.4. The number of carbonyl (C=O) groups is 1. The second kappa shape index (κ2) is 15.5. The van der Waals surface area contributed by atoms with E-state index in [1.165, 1.54) is 0 Å². The molecule has 0 spiro atoms. The highest BCUT2D eigenvalue weighted by atomic mass is 32.2. The summed E-state index contributed by atoms with van der Waals surface area (Å²) in [5.41, 5.74) is -12.1. The smallest absolute Gasteiger partial charge is 0.336 e. The van der Waals surface area contributed by atoms with Crippen LogP contribution in [0.1, 0.15) is 85.3 Å². The lowest BCUT2D eigenvalue weighted by Crippen LogP contribution is -2.40. The summed E-state index contributed by atoms with van der Waals surface area (Å²) in [5.74, 6) is -3.65. The first kappa shape index (κ1) is 16.2. The molecule has 6 nitrogen and oxygen atoms in total. The lowest BCUT2D eigenvalue weighted by atomic mass is 9.98. The van der Waals surface area contributed by atoms with Crippen molar-refractivity contribution in [2.24, 2.45) is 0 Å². The number of halogens is 4. The van der Waals surface area contributed by atoms with E-state index in [0.717, 1.165) is 6.92 Å². The Balaban J connectivity index is 1.85. The topological polar surface area (TPSA) is 58.4 Å². The Hall–Kier alpha value is -3.96.